The van der Waals surface area contributed by atoms with Crippen molar-refractivity contribution in [1.29, 1.82) is 0 Å². The molecule has 0 aliphatic heterocycles. The molecule has 1 N–H and O–H groups in total. The van der Waals surface area contributed by atoms with E-state index in [-0.39, 0.29) is 25.2 Å². The predicted molar refractivity (Wildman–Crippen MR) is 417 cm³/mol. The molecule has 0 aliphatic carbocycles. The van der Waals surface area contributed by atoms with Crippen molar-refractivity contribution in [1.82, 2.24) is 0 Å². The summed E-state index contributed by atoms with van der Waals surface area (Å²) in [6, 6.07) is 0. The van der Waals surface area contributed by atoms with Crippen LogP contribution < -0.4 is 0 Å². The van der Waals surface area contributed by atoms with Gasteiger partial charge >= 0.3 is 11.9 Å². The minimum atomic E-state index is -0.772. The number of carbonyl (C=O) groups excluding carboxylic acids is 2. The molecule has 0 aromatic heterocycles. The lowest BCUT2D eigenvalue weighted by Gasteiger charge is -2.15. The van der Waals surface area contributed by atoms with Gasteiger partial charge in [0.05, 0.1) is 6.61 Å². The van der Waals surface area contributed by atoms with Crippen LogP contribution in [0, 0.1) is 0 Å². The Kier molecular flexibility index (Phi) is 81.7. The topological polar surface area (TPSA) is 72.8 Å². The molecule has 94 heavy (non-hydrogen) atoms. The molecular formula is C89H162O5. The first-order valence-corrected chi connectivity index (χ1v) is 42.1. The molecule has 0 rings (SSSR count). The Hall–Kier alpha value is -2.92. The lowest BCUT2D eigenvalue weighted by molar-refractivity contribution is -0.161. The standard InChI is InChI=1S/C89H162O5/c1-3-5-7-9-11-13-15-17-19-21-23-25-27-29-31-33-35-37-39-41-43-44-46-47-49-51-53-55-57-59-61-63-65-67-69-71-73-75-77-79-81-83-88(91)93-86-87(85-90)94-89(92)84-82-80-78-76-74-72-70-68-66-64-62-60-58-56-54-52-50-48-45-42-40-38-36-34-32-30-28-26-24-22-20-18-16-14-12-10-8-6-4-2/h6,8,12,14-15,17-18,20-21,23-24,26-27,29,87,90H,3-5,7,9-11,13,16,19,22,25,28,30-86H2,1-2H3/b8-6-,14-12-,17-15-,20-18-,23-21-,26-24-,29-27-. The number of carbonyl (C=O) groups is 2. The highest BCUT2D eigenvalue weighted by Crippen LogP contribution is 2.20. The minimum absolute atomic E-state index is 0.0602. The summed E-state index contributed by atoms with van der Waals surface area (Å²) >= 11 is 0. The van der Waals surface area contributed by atoms with Crippen LogP contribution in [0.15, 0.2) is 85.1 Å². The maximum absolute atomic E-state index is 12.4. The van der Waals surface area contributed by atoms with E-state index in [9.17, 15) is 14.7 Å². The third-order valence-corrected chi connectivity index (χ3v) is 19.2. The molecule has 5 nitrogen and oxygen atoms in total. The fourth-order valence-corrected chi connectivity index (χ4v) is 12.9. The Morgan fingerprint density at radius 3 is 0.691 bits per heavy atom. The maximum atomic E-state index is 12.4. The second kappa shape index (κ2) is 84.3. The molecule has 0 spiro atoms. The Bertz CT molecular complexity index is 1680. The molecule has 0 bridgehead atoms. The summed E-state index contributed by atoms with van der Waals surface area (Å²) in [5, 5.41) is 9.74. The van der Waals surface area contributed by atoms with Crippen LogP contribution in [0.3, 0.4) is 0 Å². The molecule has 0 saturated carbocycles. The molecule has 0 amide bonds. The number of allylic oxidation sites excluding steroid dienone is 14. The van der Waals surface area contributed by atoms with Crippen molar-refractivity contribution in [3.05, 3.63) is 85.1 Å². The van der Waals surface area contributed by atoms with Crippen LogP contribution in [-0.4, -0.2) is 36.4 Å². The van der Waals surface area contributed by atoms with Crippen LogP contribution in [0.1, 0.15) is 450 Å². The van der Waals surface area contributed by atoms with Gasteiger partial charge in [0.1, 0.15) is 6.61 Å². The van der Waals surface area contributed by atoms with Crippen LogP contribution in [0.4, 0.5) is 0 Å². The van der Waals surface area contributed by atoms with Gasteiger partial charge < -0.3 is 14.6 Å². The van der Waals surface area contributed by atoms with Crippen molar-refractivity contribution >= 4 is 11.9 Å². The highest BCUT2D eigenvalue weighted by Gasteiger charge is 2.16. The van der Waals surface area contributed by atoms with E-state index in [0.29, 0.717) is 12.8 Å². The van der Waals surface area contributed by atoms with Gasteiger partial charge in [0.25, 0.3) is 0 Å². The smallest absolute Gasteiger partial charge is 0.306 e. The zero-order valence-electron chi connectivity index (χ0n) is 63.2. The molecule has 1 unspecified atom stereocenters. The van der Waals surface area contributed by atoms with Gasteiger partial charge in [-0.1, -0.05) is 433 Å². The van der Waals surface area contributed by atoms with Crippen molar-refractivity contribution in [2.75, 3.05) is 13.2 Å². The van der Waals surface area contributed by atoms with Crippen LogP contribution in [0.2, 0.25) is 0 Å². The van der Waals surface area contributed by atoms with E-state index in [1.54, 1.807) is 0 Å². The Morgan fingerprint density at radius 1 is 0.255 bits per heavy atom. The monoisotopic (exact) mass is 1310 g/mol. The number of ether oxygens (including phenoxy) is 2. The van der Waals surface area contributed by atoms with Crippen molar-refractivity contribution < 1.29 is 24.2 Å². The fourth-order valence-electron chi connectivity index (χ4n) is 12.9. The molecule has 0 aromatic carbocycles. The van der Waals surface area contributed by atoms with Gasteiger partial charge in [0.2, 0.25) is 0 Å². The Balaban J connectivity index is 3.36. The third kappa shape index (κ3) is 81.5. The highest BCUT2D eigenvalue weighted by atomic mass is 16.6. The first kappa shape index (κ1) is 91.1. The summed E-state index contributed by atoms with van der Waals surface area (Å²) in [7, 11) is 0. The predicted octanol–water partition coefficient (Wildman–Crippen LogP) is 29.9. The van der Waals surface area contributed by atoms with E-state index in [4.69, 9.17) is 9.47 Å². The van der Waals surface area contributed by atoms with Crippen molar-refractivity contribution in [3.63, 3.8) is 0 Å². The highest BCUT2D eigenvalue weighted by molar-refractivity contribution is 5.70. The quantitative estimate of drug-likeness (QED) is 0.0373. The van der Waals surface area contributed by atoms with E-state index in [1.807, 2.05) is 0 Å². The van der Waals surface area contributed by atoms with Crippen LogP contribution in [-0.2, 0) is 19.1 Å². The van der Waals surface area contributed by atoms with Crippen LogP contribution >= 0.6 is 0 Å². The van der Waals surface area contributed by atoms with Gasteiger partial charge in [-0.2, -0.15) is 0 Å². The van der Waals surface area contributed by atoms with Crippen molar-refractivity contribution in [3.8, 4) is 0 Å². The third-order valence-electron chi connectivity index (χ3n) is 19.2. The minimum Gasteiger partial charge on any atom is -0.462 e. The zero-order valence-corrected chi connectivity index (χ0v) is 63.2. The van der Waals surface area contributed by atoms with Crippen molar-refractivity contribution in [2.45, 2.75) is 457 Å². The van der Waals surface area contributed by atoms with E-state index < -0.39 is 6.10 Å². The molecule has 5 heteroatoms. The number of hydrogen-bond acceptors (Lipinski definition) is 5. The second-order valence-corrected chi connectivity index (χ2v) is 28.5. The lowest BCUT2D eigenvalue weighted by Crippen LogP contribution is -2.28. The number of hydrogen-bond donors (Lipinski definition) is 1. The van der Waals surface area contributed by atoms with Gasteiger partial charge in [-0.25, -0.2) is 0 Å². The molecule has 0 saturated heterocycles. The average Bonchev–Trinajstić information content (AvgIpc) is 3.65. The molecule has 0 heterocycles. The number of esters is 2. The van der Waals surface area contributed by atoms with E-state index in [2.05, 4.69) is 98.9 Å². The summed E-state index contributed by atoms with van der Waals surface area (Å²) in [6.45, 7) is 4.08. The van der Waals surface area contributed by atoms with E-state index in [1.165, 1.54) is 347 Å². The van der Waals surface area contributed by atoms with Crippen LogP contribution in [0.25, 0.3) is 0 Å². The second-order valence-electron chi connectivity index (χ2n) is 28.5. The summed E-state index contributed by atoms with van der Waals surface area (Å²) in [5.74, 6) is -0.564. The SMILES string of the molecule is CC/C=C\C/C=C\C/C=C\C/C=C\CCCCCCCCCCCCCCCCCCCCCCCCCCCCC(=O)OC(CO)COC(=O)CCCCCCCCCCCCCCCCCCCCCCCCCCCC/C=C\C/C=C\C/C=C\CCCCCCC. The van der Waals surface area contributed by atoms with Gasteiger partial charge in [0, 0.05) is 12.8 Å². The zero-order chi connectivity index (χ0) is 67.5. The Labute approximate surface area is 587 Å². The molecular weight excluding hydrogens is 1150 g/mol. The lowest BCUT2D eigenvalue weighted by atomic mass is 10.0. The Morgan fingerprint density at radius 2 is 0.457 bits per heavy atom. The van der Waals surface area contributed by atoms with E-state index in [0.717, 1.165) is 77.0 Å². The average molecular weight is 1310 g/mol. The number of aliphatic hydroxyl groups is 1. The van der Waals surface area contributed by atoms with Gasteiger partial charge in [-0.15, -0.1) is 0 Å². The fraction of sp³-hybridized carbons (Fsp3) is 0.820. The molecule has 0 aliphatic rings. The molecule has 0 fully saturated rings. The molecule has 0 radical (unpaired) electrons. The first-order valence-electron chi connectivity index (χ1n) is 42.1. The summed E-state index contributed by atoms with van der Waals surface area (Å²) in [5.41, 5.74) is 0. The van der Waals surface area contributed by atoms with Crippen molar-refractivity contribution in [2.24, 2.45) is 0 Å². The van der Waals surface area contributed by atoms with E-state index >= 15 is 0 Å². The maximum Gasteiger partial charge on any atom is 0.306 e. The largest absolute Gasteiger partial charge is 0.462 e. The molecule has 548 valence electrons. The van der Waals surface area contributed by atoms with Gasteiger partial charge in [0.15, 0.2) is 6.10 Å². The summed E-state index contributed by atoms with van der Waals surface area (Å²) in [6.07, 6.45) is 120. The normalized spacial score (nSPS) is 12.6. The summed E-state index contributed by atoms with van der Waals surface area (Å²) < 4.78 is 10.8. The number of rotatable bonds is 79. The van der Waals surface area contributed by atoms with Gasteiger partial charge in [-0.05, 0) is 89.9 Å². The first-order chi connectivity index (χ1) is 46.6. The van der Waals surface area contributed by atoms with Gasteiger partial charge in [-0.3, -0.25) is 9.59 Å². The summed E-state index contributed by atoms with van der Waals surface area (Å²) in [4.78, 5) is 24.8. The molecule has 1 atom stereocenters. The number of aliphatic hydroxyl groups excluding tert-OH is 1. The molecule has 0 aromatic rings. The van der Waals surface area contributed by atoms with Crippen LogP contribution in [0.5, 0.6) is 0 Å². The number of unbranched alkanes of at least 4 members (excludes halogenated alkanes) is 57.